The first-order valence-electron chi connectivity index (χ1n) is 2.67. The van der Waals surface area contributed by atoms with Crippen molar-refractivity contribution in [2.24, 2.45) is 4.99 Å². The van der Waals surface area contributed by atoms with Crippen LogP contribution >= 0.6 is 11.6 Å². The molecular formula is C7H10ClN. The van der Waals surface area contributed by atoms with E-state index in [1.54, 1.807) is 19.1 Å². The normalized spacial score (nSPS) is 13.7. The lowest BCUT2D eigenvalue weighted by Crippen LogP contribution is -1.75. The molecule has 0 saturated carbocycles. The van der Waals surface area contributed by atoms with Crippen LogP contribution in [0.4, 0.5) is 0 Å². The quantitative estimate of drug-likeness (QED) is 0.417. The standard InChI is InChI=1S/C7H10ClN/c1-4-5-6(2)9-7(3)8/h4-5H,1H2,2-3H3/b6-5-,9-7+. The topological polar surface area (TPSA) is 12.4 Å². The Morgan fingerprint density at radius 1 is 1.56 bits per heavy atom. The highest BCUT2D eigenvalue weighted by Crippen LogP contribution is 1.96. The Bertz CT molecular complexity index is 152. The Hall–Kier alpha value is -0.560. The number of aliphatic imine (C=N–C) groups is 1. The number of halogens is 1. The van der Waals surface area contributed by atoms with E-state index in [9.17, 15) is 0 Å². The third-order valence-electron chi connectivity index (χ3n) is 0.689. The maximum atomic E-state index is 5.48. The van der Waals surface area contributed by atoms with E-state index in [1.807, 2.05) is 6.92 Å². The van der Waals surface area contributed by atoms with E-state index in [-0.39, 0.29) is 0 Å². The van der Waals surface area contributed by atoms with Crippen molar-refractivity contribution >= 4 is 16.8 Å². The van der Waals surface area contributed by atoms with Crippen LogP contribution in [0.3, 0.4) is 0 Å². The van der Waals surface area contributed by atoms with Gasteiger partial charge in [0.1, 0.15) is 5.17 Å². The highest BCUT2D eigenvalue weighted by atomic mass is 35.5. The molecule has 50 valence electrons. The summed E-state index contributed by atoms with van der Waals surface area (Å²) in [6, 6.07) is 0. The molecule has 0 spiro atoms. The number of rotatable bonds is 2. The Morgan fingerprint density at radius 2 is 2.11 bits per heavy atom. The minimum absolute atomic E-state index is 0.547. The van der Waals surface area contributed by atoms with Crippen LogP contribution in [0.5, 0.6) is 0 Å². The molecular weight excluding hydrogens is 134 g/mol. The minimum atomic E-state index is 0.547. The predicted octanol–water partition coefficient (Wildman–Crippen LogP) is 2.73. The van der Waals surface area contributed by atoms with Crippen LogP contribution in [-0.4, -0.2) is 5.17 Å². The summed E-state index contributed by atoms with van der Waals surface area (Å²) in [5, 5.41) is 0.547. The first-order valence-corrected chi connectivity index (χ1v) is 3.04. The van der Waals surface area contributed by atoms with E-state index in [4.69, 9.17) is 11.6 Å². The largest absolute Gasteiger partial charge is 0.246 e. The zero-order valence-corrected chi connectivity index (χ0v) is 6.44. The van der Waals surface area contributed by atoms with Crippen molar-refractivity contribution in [3.8, 4) is 0 Å². The van der Waals surface area contributed by atoms with E-state index in [2.05, 4.69) is 11.6 Å². The van der Waals surface area contributed by atoms with Gasteiger partial charge in [0.2, 0.25) is 0 Å². The maximum absolute atomic E-state index is 5.48. The van der Waals surface area contributed by atoms with E-state index >= 15 is 0 Å². The second-order valence-electron chi connectivity index (χ2n) is 1.65. The molecule has 0 amide bonds. The maximum Gasteiger partial charge on any atom is 0.103 e. The second-order valence-corrected chi connectivity index (χ2v) is 2.20. The lowest BCUT2D eigenvalue weighted by molar-refractivity contribution is 1.31. The van der Waals surface area contributed by atoms with Crippen LogP contribution in [0.2, 0.25) is 0 Å². The first-order chi connectivity index (χ1) is 4.16. The van der Waals surface area contributed by atoms with E-state index in [0.29, 0.717) is 5.17 Å². The van der Waals surface area contributed by atoms with Crippen molar-refractivity contribution in [2.75, 3.05) is 0 Å². The average Bonchev–Trinajstić information content (AvgIpc) is 1.63. The van der Waals surface area contributed by atoms with Gasteiger partial charge in [-0.05, 0) is 19.9 Å². The molecule has 0 aliphatic rings. The molecule has 0 aliphatic heterocycles. The fraction of sp³-hybridized carbons (Fsp3) is 0.286. The third-order valence-corrected chi connectivity index (χ3v) is 0.774. The molecule has 0 aromatic rings. The lowest BCUT2D eigenvalue weighted by Gasteiger charge is -1.87. The molecule has 0 unspecified atom stereocenters. The number of hydrogen-bond acceptors (Lipinski definition) is 1. The van der Waals surface area contributed by atoms with Crippen LogP contribution in [0.15, 0.2) is 29.4 Å². The zero-order valence-electron chi connectivity index (χ0n) is 5.69. The van der Waals surface area contributed by atoms with Crippen LogP contribution < -0.4 is 0 Å². The SMILES string of the molecule is C=C/C=C(C)\N=C(/C)Cl. The molecule has 0 atom stereocenters. The molecule has 9 heavy (non-hydrogen) atoms. The van der Waals surface area contributed by atoms with Crippen molar-refractivity contribution in [3.05, 3.63) is 24.4 Å². The molecule has 2 heteroatoms. The smallest absolute Gasteiger partial charge is 0.103 e. The highest BCUT2D eigenvalue weighted by molar-refractivity contribution is 6.64. The summed E-state index contributed by atoms with van der Waals surface area (Å²) < 4.78 is 0. The summed E-state index contributed by atoms with van der Waals surface area (Å²) in [6.07, 6.45) is 3.48. The minimum Gasteiger partial charge on any atom is -0.246 e. The van der Waals surface area contributed by atoms with Gasteiger partial charge in [-0.3, -0.25) is 0 Å². The van der Waals surface area contributed by atoms with Crippen LogP contribution in [0, 0.1) is 0 Å². The molecule has 0 fully saturated rings. The molecule has 0 radical (unpaired) electrons. The summed E-state index contributed by atoms with van der Waals surface area (Å²) in [5.74, 6) is 0. The predicted molar refractivity (Wildman–Crippen MR) is 42.9 cm³/mol. The zero-order chi connectivity index (χ0) is 7.28. The molecule has 1 nitrogen and oxygen atoms in total. The summed E-state index contributed by atoms with van der Waals surface area (Å²) in [4.78, 5) is 3.94. The second kappa shape index (κ2) is 4.33. The van der Waals surface area contributed by atoms with Gasteiger partial charge in [-0.1, -0.05) is 24.3 Å². The Morgan fingerprint density at radius 3 is 2.44 bits per heavy atom. The fourth-order valence-electron chi connectivity index (χ4n) is 0.451. The molecule has 0 bridgehead atoms. The van der Waals surface area contributed by atoms with Crippen LogP contribution in [0.25, 0.3) is 0 Å². The van der Waals surface area contributed by atoms with Gasteiger partial charge in [-0.25, -0.2) is 4.99 Å². The molecule has 0 aromatic heterocycles. The van der Waals surface area contributed by atoms with Crippen molar-refractivity contribution in [2.45, 2.75) is 13.8 Å². The highest BCUT2D eigenvalue weighted by Gasteiger charge is 1.81. The van der Waals surface area contributed by atoms with Crippen molar-refractivity contribution < 1.29 is 0 Å². The van der Waals surface area contributed by atoms with Gasteiger partial charge in [0.05, 0.1) is 0 Å². The Kier molecular flexibility index (Phi) is 4.06. The van der Waals surface area contributed by atoms with Gasteiger partial charge in [0.15, 0.2) is 0 Å². The molecule has 0 aromatic carbocycles. The molecule has 0 saturated heterocycles. The number of nitrogens with zero attached hydrogens (tertiary/aromatic N) is 1. The van der Waals surface area contributed by atoms with Crippen molar-refractivity contribution in [3.63, 3.8) is 0 Å². The monoisotopic (exact) mass is 143 g/mol. The number of hydrogen-bond donors (Lipinski definition) is 0. The Balaban J connectivity index is 4.05. The lowest BCUT2D eigenvalue weighted by atomic mass is 10.4. The van der Waals surface area contributed by atoms with Gasteiger partial charge in [-0.2, -0.15) is 0 Å². The fourth-order valence-corrected chi connectivity index (χ4v) is 0.584. The van der Waals surface area contributed by atoms with Crippen LogP contribution in [-0.2, 0) is 0 Å². The summed E-state index contributed by atoms with van der Waals surface area (Å²) in [6.45, 7) is 7.13. The van der Waals surface area contributed by atoms with Gasteiger partial charge in [-0.15, -0.1) is 0 Å². The van der Waals surface area contributed by atoms with Crippen molar-refractivity contribution in [1.82, 2.24) is 0 Å². The first kappa shape index (κ1) is 8.44. The van der Waals surface area contributed by atoms with Crippen LogP contribution in [0.1, 0.15) is 13.8 Å². The van der Waals surface area contributed by atoms with Gasteiger partial charge in [0.25, 0.3) is 0 Å². The Labute approximate surface area is 60.7 Å². The molecule has 0 rings (SSSR count). The van der Waals surface area contributed by atoms with Gasteiger partial charge in [0, 0.05) is 5.70 Å². The van der Waals surface area contributed by atoms with E-state index in [1.165, 1.54) is 0 Å². The molecule has 0 heterocycles. The van der Waals surface area contributed by atoms with Crippen molar-refractivity contribution in [1.29, 1.82) is 0 Å². The summed E-state index contributed by atoms with van der Waals surface area (Å²) >= 11 is 5.48. The van der Waals surface area contributed by atoms with E-state index in [0.717, 1.165) is 5.70 Å². The summed E-state index contributed by atoms with van der Waals surface area (Å²) in [7, 11) is 0. The van der Waals surface area contributed by atoms with Gasteiger partial charge < -0.3 is 0 Å². The number of allylic oxidation sites excluding steroid dienone is 3. The summed E-state index contributed by atoms with van der Waals surface area (Å²) in [5.41, 5.74) is 0.873. The molecule has 0 aliphatic carbocycles. The average molecular weight is 144 g/mol. The third kappa shape index (κ3) is 5.31. The molecule has 0 N–H and O–H groups in total. The van der Waals surface area contributed by atoms with Gasteiger partial charge >= 0.3 is 0 Å². The van der Waals surface area contributed by atoms with E-state index < -0.39 is 0 Å².